The van der Waals surface area contributed by atoms with Crippen molar-refractivity contribution in [3.8, 4) is 0 Å². The highest BCUT2D eigenvalue weighted by molar-refractivity contribution is 5.75. The highest BCUT2D eigenvalue weighted by atomic mass is 16.4. The first-order valence-corrected chi connectivity index (χ1v) is 5.93. The minimum atomic E-state index is -0.735. The van der Waals surface area contributed by atoms with Crippen molar-refractivity contribution in [3.63, 3.8) is 0 Å². The molecule has 0 fully saturated rings. The minimum Gasteiger partial charge on any atom is -0.481 e. The highest BCUT2D eigenvalue weighted by Gasteiger charge is 2.34. The van der Waals surface area contributed by atoms with Crippen molar-refractivity contribution in [1.29, 1.82) is 0 Å². The van der Waals surface area contributed by atoms with Gasteiger partial charge in [-0.3, -0.25) is 9.78 Å². The molecule has 0 atom stereocenters. The van der Waals surface area contributed by atoms with Crippen LogP contribution in [0.4, 0.5) is 5.69 Å². The molecule has 0 saturated heterocycles. The fraction of sp³-hybridized carbons (Fsp3) is 0.538. The van der Waals surface area contributed by atoms with E-state index in [0.717, 1.165) is 11.3 Å². The molecule has 0 unspecified atom stereocenters. The number of nitrogens with one attached hydrogen (secondary N) is 1. The summed E-state index contributed by atoms with van der Waals surface area (Å²) in [6.07, 6.45) is 4.71. The molecule has 0 spiro atoms. The molecule has 0 amide bonds. The predicted molar refractivity (Wildman–Crippen MR) is 68.1 cm³/mol. The Bertz CT molecular complexity index is 387. The summed E-state index contributed by atoms with van der Waals surface area (Å²) in [5.74, 6) is -0.735. The lowest BCUT2D eigenvalue weighted by Crippen LogP contribution is -2.37. The van der Waals surface area contributed by atoms with Gasteiger partial charge in [0.15, 0.2) is 0 Å². The maximum Gasteiger partial charge on any atom is 0.311 e. The number of hydrogen-bond donors (Lipinski definition) is 2. The summed E-state index contributed by atoms with van der Waals surface area (Å²) in [4.78, 5) is 15.3. The number of carbonyl (C=O) groups is 1. The molecule has 1 aromatic heterocycles. The summed E-state index contributed by atoms with van der Waals surface area (Å²) in [7, 11) is 0. The Hall–Kier alpha value is -1.58. The normalized spacial score (nSPS) is 11.2. The van der Waals surface area contributed by atoms with E-state index in [4.69, 9.17) is 0 Å². The molecule has 17 heavy (non-hydrogen) atoms. The van der Waals surface area contributed by atoms with Crippen molar-refractivity contribution in [3.05, 3.63) is 24.0 Å². The quantitative estimate of drug-likeness (QED) is 0.797. The van der Waals surface area contributed by atoms with E-state index in [9.17, 15) is 9.90 Å². The Morgan fingerprint density at radius 3 is 2.59 bits per heavy atom. The molecule has 0 bridgehead atoms. The zero-order valence-electron chi connectivity index (χ0n) is 10.7. The summed E-state index contributed by atoms with van der Waals surface area (Å²) < 4.78 is 0. The summed E-state index contributed by atoms with van der Waals surface area (Å²) in [5.41, 5.74) is 1.29. The number of hydrogen-bond acceptors (Lipinski definition) is 3. The number of rotatable bonds is 6. The van der Waals surface area contributed by atoms with Crippen molar-refractivity contribution in [1.82, 2.24) is 4.98 Å². The van der Waals surface area contributed by atoms with Gasteiger partial charge in [-0.05, 0) is 31.4 Å². The van der Waals surface area contributed by atoms with Gasteiger partial charge >= 0.3 is 5.97 Å². The Labute approximate surface area is 102 Å². The van der Waals surface area contributed by atoms with Crippen molar-refractivity contribution >= 4 is 11.7 Å². The number of carboxylic acids is 1. The summed E-state index contributed by atoms with van der Waals surface area (Å²) >= 11 is 0. The largest absolute Gasteiger partial charge is 0.481 e. The summed E-state index contributed by atoms with van der Waals surface area (Å²) in [5, 5.41) is 12.5. The summed E-state index contributed by atoms with van der Waals surface area (Å²) in [6, 6.07) is 1.87. The number of carboxylic acid groups (broad SMARTS) is 1. The third-order valence-corrected chi connectivity index (χ3v) is 3.44. The molecule has 4 heteroatoms. The first-order valence-electron chi connectivity index (χ1n) is 5.93. The van der Waals surface area contributed by atoms with Crippen LogP contribution in [-0.4, -0.2) is 22.6 Å². The Morgan fingerprint density at radius 2 is 2.12 bits per heavy atom. The number of aryl methyl sites for hydroxylation is 1. The zero-order chi connectivity index (χ0) is 12.9. The number of anilines is 1. The van der Waals surface area contributed by atoms with E-state index in [0.29, 0.717) is 19.4 Å². The van der Waals surface area contributed by atoms with Gasteiger partial charge < -0.3 is 10.4 Å². The average molecular weight is 236 g/mol. The molecule has 0 saturated carbocycles. The van der Waals surface area contributed by atoms with Crippen LogP contribution in [0, 0.1) is 12.3 Å². The molecule has 1 heterocycles. The third kappa shape index (κ3) is 2.96. The van der Waals surface area contributed by atoms with Crippen LogP contribution in [0.25, 0.3) is 0 Å². The van der Waals surface area contributed by atoms with Gasteiger partial charge in [0.1, 0.15) is 0 Å². The van der Waals surface area contributed by atoms with E-state index in [1.54, 1.807) is 12.4 Å². The lowest BCUT2D eigenvalue weighted by atomic mass is 9.82. The van der Waals surface area contributed by atoms with E-state index >= 15 is 0 Å². The fourth-order valence-corrected chi connectivity index (χ4v) is 1.81. The van der Waals surface area contributed by atoms with Crippen LogP contribution in [0.2, 0.25) is 0 Å². The lowest BCUT2D eigenvalue weighted by Gasteiger charge is -2.27. The van der Waals surface area contributed by atoms with Gasteiger partial charge in [-0.25, -0.2) is 0 Å². The van der Waals surface area contributed by atoms with Crippen LogP contribution in [0.15, 0.2) is 18.5 Å². The number of aromatic nitrogens is 1. The molecule has 0 aliphatic rings. The van der Waals surface area contributed by atoms with Gasteiger partial charge in [0.25, 0.3) is 0 Å². The third-order valence-electron chi connectivity index (χ3n) is 3.44. The van der Waals surface area contributed by atoms with Gasteiger partial charge in [0, 0.05) is 24.6 Å². The molecule has 0 aliphatic heterocycles. The van der Waals surface area contributed by atoms with Gasteiger partial charge in [-0.2, -0.15) is 0 Å². The van der Waals surface area contributed by atoms with Crippen LogP contribution < -0.4 is 5.32 Å². The lowest BCUT2D eigenvalue weighted by molar-refractivity contribution is -0.148. The maximum atomic E-state index is 11.3. The monoisotopic (exact) mass is 236 g/mol. The minimum absolute atomic E-state index is 0.445. The van der Waals surface area contributed by atoms with E-state index < -0.39 is 11.4 Å². The molecule has 94 valence electrons. The molecular weight excluding hydrogens is 216 g/mol. The molecule has 0 radical (unpaired) electrons. The van der Waals surface area contributed by atoms with E-state index in [1.165, 1.54) is 0 Å². The van der Waals surface area contributed by atoms with Crippen molar-refractivity contribution in [2.24, 2.45) is 5.41 Å². The van der Waals surface area contributed by atoms with E-state index in [1.807, 2.05) is 26.8 Å². The molecule has 4 nitrogen and oxygen atoms in total. The standard InChI is InChI=1S/C13H20N2O2/c1-4-13(5-2,12(16)17)9-15-11-6-7-14-8-10(11)3/h6-8H,4-5,9H2,1-3H3,(H,14,15)(H,16,17). The Kier molecular flexibility index (Phi) is 4.49. The number of pyridine rings is 1. The second-order valence-electron chi connectivity index (χ2n) is 4.34. The topological polar surface area (TPSA) is 62.2 Å². The highest BCUT2D eigenvalue weighted by Crippen LogP contribution is 2.27. The maximum absolute atomic E-state index is 11.3. The fourth-order valence-electron chi connectivity index (χ4n) is 1.81. The van der Waals surface area contributed by atoms with Gasteiger partial charge in [-0.15, -0.1) is 0 Å². The van der Waals surface area contributed by atoms with Crippen molar-refractivity contribution in [2.45, 2.75) is 33.6 Å². The van der Waals surface area contributed by atoms with Crippen LogP contribution >= 0.6 is 0 Å². The smallest absolute Gasteiger partial charge is 0.311 e. The molecule has 1 rings (SSSR count). The summed E-state index contributed by atoms with van der Waals surface area (Å²) in [6.45, 7) is 6.23. The molecule has 2 N–H and O–H groups in total. The van der Waals surface area contributed by atoms with Gasteiger partial charge in [0.2, 0.25) is 0 Å². The first-order chi connectivity index (χ1) is 8.05. The SMILES string of the molecule is CCC(CC)(CNc1ccncc1C)C(=O)O. The van der Waals surface area contributed by atoms with Gasteiger partial charge in [-0.1, -0.05) is 13.8 Å². The number of nitrogens with zero attached hydrogens (tertiary/aromatic N) is 1. The molecular formula is C13H20N2O2. The van der Waals surface area contributed by atoms with Crippen LogP contribution in [0.5, 0.6) is 0 Å². The predicted octanol–water partition coefficient (Wildman–Crippen LogP) is 2.69. The first kappa shape index (κ1) is 13.5. The van der Waals surface area contributed by atoms with Crippen molar-refractivity contribution < 1.29 is 9.90 Å². The zero-order valence-corrected chi connectivity index (χ0v) is 10.7. The Balaban J connectivity index is 2.78. The van der Waals surface area contributed by atoms with Crippen LogP contribution in [0.3, 0.4) is 0 Å². The molecule has 1 aromatic rings. The second kappa shape index (κ2) is 5.66. The second-order valence-corrected chi connectivity index (χ2v) is 4.34. The van der Waals surface area contributed by atoms with Crippen molar-refractivity contribution in [2.75, 3.05) is 11.9 Å². The van der Waals surface area contributed by atoms with E-state index in [-0.39, 0.29) is 0 Å². The Morgan fingerprint density at radius 1 is 1.47 bits per heavy atom. The molecule has 0 aliphatic carbocycles. The average Bonchev–Trinajstić information content (AvgIpc) is 2.32. The van der Waals surface area contributed by atoms with E-state index in [2.05, 4.69) is 10.3 Å². The van der Waals surface area contributed by atoms with Gasteiger partial charge in [0.05, 0.1) is 5.41 Å². The van der Waals surface area contributed by atoms with Crippen LogP contribution in [0.1, 0.15) is 32.3 Å². The number of aliphatic carboxylic acids is 1. The van der Waals surface area contributed by atoms with Crippen LogP contribution in [-0.2, 0) is 4.79 Å². The molecule has 0 aromatic carbocycles.